The molecule has 110 valence electrons. The molecule has 1 aromatic rings. The van der Waals surface area contributed by atoms with Gasteiger partial charge in [-0.3, -0.25) is 4.90 Å². The van der Waals surface area contributed by atoms with Gasteiger partial charge in [-0.15, -0.1) is 0 Å². The second-order valence-corrected chi connectivity index (χ2v) is 6.65. The lowest BCUT2D eigenvalue weighted by Crippen LogP contribution is -2.41. The number of piperidine rings is 1. The maximum absolute atomic E-state index is 13.6. The van der Waals surface area contributed by atoms with Crippen molar-refractivity contribution in [2.24, 2.45) is 5.92 Å². The Morgan fingerprint density at radius 2 is 2.10 bits per heavy atom. The number of hydrogen-bond acceptors (Lipinski definition) is 2. The molecule has 1 N–H and O–H groups in total. The first-order valence-electron chi connectivity index (χ1n) is 7.53. The fraction of sp³-hybridized carbons (Fsp3) is 0.625. The van der Waals surface area contributed by atoms with Crippen molar-refractivity contribution >= 4 is 11.6 Å². The number of likely N-dealkylation sites (tertiary alicyclic amines) is 1. The number of rotatable bonds is 4. The summed E-state index contributed by atoms with van der Waals surface area (Å²) in [7, 11) is 2.13. The van der Waals surface area contributed by atoms with Crippen molar-refractivity contribution in [3.63, 3.8) is 0 Å². The summed E-state index contributed by atoms with van der Waals surface area (Å²) in [5.74, 6) is 0.299. The molecule has 4 heteroatoms. The van der Waals surface area contributed by atoms with Gasteiger partial charge in [0.2, 0.25) is 0 Å². The van der Waals surface area contributed by atoms with Gasteiger partial charge in [0.1, 0.15) is 5.82 Å². The summed E-state index contributed by atoms with van der Waals surface area (Å²) in [6.07, 6.45) is 5.02. The standard InChI is InChI=1S/C16H22ClFN2/c1-20-6-2-3-11(10-19-15-4-5-15)16(20)12-7-13(17)9-14(18)8-12/h7-9,11,15-16,19H,2-6,10H2,1H3. The van der Waals surface area contributed by atoms with Crippen LogP contribution < -0.4 is 5.32 Å². The molecular weight excluding hydrogens is 275 g/mol. The highest BCUT2D eigenvalue weighted by Gasteiger charge is 2.32. The third-order valence-corrected chi connectivity index (χ3v) is 4.70. The van der Waals surface area contributed by atoms with Gasteiger partial charge in [0.15, 0.2) is 0 Å². The van der Waals surface area contributed by atoms with Crippen molar-refractivity contribution in [2.75, 3.05) is 20.1 Å². The van der Waals surface area contributed by atoms with E-state index in [0.717, 1.165) is 24.7 Å². The summed E-state index contributed by atoms with van der Waals surface area (Å²) in [5, 5.41) is 4.12. The molecule has 0 aromatic heterocycles. The molecule has 1 aliphatic heterocycles. The fourth-order valence-electron chi connectivity index (χ4n) is 3.35. The van der Waals surface area contributed by atoms with Crippen molar-refractivity contribution < 1.29 is 4.39 Å². The summed E-state index contributed by atoms with van der Waals surface area (Å²) in [5.41, 5.74) is 1.01. The summed E-state index contributed by atoms with van der Waals surface area (Å²) in [4.78, 5) is 2.34. The van der Waals surface area contributed by atoms with Crippen LogP contribution in [0.5, 0.6) is 0 Å². The normalized spacial score (nSPS) is 27.8. The first-order chi connectivity index (χ1) is 9.63. The van der Waals surface area contributed by atoms with E-state index in [4.69, 9.17) is 11.6 Å². The summed E-state index contributed by atoms with van der Waals surface area (Å²) >= 11 is 6.03. The molecule has 1 aliphatic carbocycles. The quantitative estimate of drug-likeness (QED) is 0.913. The average molecular weight is 297 g/mol. The van der Waals surface area contributed by atoms with Gasteiger partial charge in [-0.1, -0.05) is 11.6 Å². The third kappa shape index (κ3) is 3.33. The highest BCUT2D eigenvalue weighted by Crippen LogP contribution is 2.36. The van der Waals surface area contributed by atoms with Crippen molar-refractivity contribution in [1.29, 1.82) is 0 Å². The molecule has 2 fully saturated rings. The number of nitrogens with one attached hydrogen (secondary N) is 1. The zero-order chi connectivity index (χ0) is 14.1. The van der Waals surface area contributed by atoms with Crippen molar-refractivity contribution in [2.45, 2.75) is 37.8 Å². The van der Waals surface area contributed by atoms with Crippen LogP contribution in [0.4, 0.5) is 4.39 Å². The van der Waals surface area contributed by atoms with E-state index in [0.29, 0.717) is 10.9 Å². The van der Waals surface area contributed by atoms with E-state index in [2.05, 4.69) is 17.3 Å². The molecule has 0 spiro atoms. The SMILES string of the molecule is CN1CCCC(CNC2CC2)C1c1cc(F)cc(Cl)c1. The molecule has 2 nitrogen and oxygen atoms in total. The molecular formula is C16H22ClFN2. The Balaban J connectivity index is 1.80. The minimum absolute atomic E-state index is 0.236. The van der Waals surface area contributed by atoms with E-state index in [1.54, 1.807) is 6.07 Å². The van der Waals surface area contributed by atoms with Gasteiger partial charge in [0.05, 0.1) is 0 Å². The van der Waals surface area contributed by atoms with E-state index in [1.807, 2.05) is 6.07 Å². The topological polar surface area (TPSA) is 15.3 Å². The Bertz CT molecular complexity index is 455. The maximum atomic E-state index is 13.6. The van der Waals surface area contributed by atoms with Crippen molar-refractivity contribution in [3.8, 4) is 0 Å². The number of benzene rings is 1. The third-order valence-electron chi connectivity index (χ3n) is 4.48. The van der Waals surface area contributed by atoms with Crippen molar-refractivity contribution in [3.05, 3.63) is 34.6 Å². The van der Waals surface area contributed by atoms with E-state index >= 15 is 0 Å². The van der Waals surface area contributed by atoms with Crippen LogP contribution in [0.2, 0.25) is 5.02 Å². The highest BCUT2D eigenvalue weighted by molar-refractivity contribution is 6.30. The average Bonchev–Trinajstić information content (AvgIpc) is 3.19. The number of halogens is 2. The Morgan fingerprint density at radius 3 is 2.80 bits per heavy atom. The van der Waals surface area contributed by atoms with Gasteiger partial charge in [0.25, 0.3) is 0 Å². The number of hydrogen-bond donors (Lipinski definition) is 1. The maximum Gasteiger partial charge on any atom is 0.125 e. The lowest BCUT2D eigenvalue weighted by Gasteiger charge is -2.40. The second kappa shape index (κ2) is 6.00. The summed E-state index contributed by atoms with van der Waals surface area (Å²) < 4.78 is 13.6. The Kier molecular flexibility index (Phi) is 4.29. The van der Waals surface area contributed by atoms with Crippen LogP contribution >= 0.6 is 11.6 Å². The molecule has 2 atom stereocenters. The monoisotopic (exact) mass is 296 g/mol. The van der Waals surface area contributed by atoms with Crippen LogP contribution in [-0.4, -0.2) is 31.1 Å². The zero-order valence-electron chi connectivity index (χ0n) is 11.9. The fourth-order valence-corrected chi connectivity index (χ4v) is 3.58. The van der Waals surface area contributed by atoms with Crippen LogP contribution in [-0.2, 0) is 0 Å². The van der Waals surface area contributed by atoms with Crippen LogP contribution in [0, 0.1) is 11.7 Å². The minimum Gasteiger partial charge on any atom is -0.314 e. The van der Waals surface area contributed by atoms with Gasteiger partial charge < -0.3 is 5.32 Å². The molecule has 1 saturated carbocycles. The van der Waals surface area contributed by atoms with Gasteiger partial charge in [-0.2, -0.15) is 0 Å². The predicted octanol–water partition coefficient (Wildman–Crippen LogP) is 3.61. The molecule has 1 saturated heterocycles. The summed E-state index contributed by atoms with van der Waals surface area (Å²) in [6.45, 7) is 2.09. The number of nitrogens with zero attached hydrogens (tertiary/aromatic N) is 1. The Labute approximate surface area is 125 Å². The zero-order valence-corrected chi connectivity index (χ0v) is 12.7. The molecule has 2 unspecified atom stereocenters. The molecule has 0 amide bonds. The van der Waals surface area contributed by atoms with Crippen molar-refractivity contribution in [1.82, 2.24) is 10.2 Å². The molecule has 20 heavy (non-hydrogen) atoms. The van der Waals surface area contributed by atoms with Gasteiger partial charge >= 0.3 is 0 Å². The smallest absolute Gasteiger partial charge is 0.125 e. The molecule has 1 heterocycles. The van der Waals surface area contributed by atoms with E-state index in [1.165, 1.54) is 31.7 Å². The van der Waals surface area contributed by atoms with E-state index in [9.17, 15) is 4.39 Å². The second-order valence-electron chi connectivity index (χ2n) is 6.21. The molecule has 1 aromatic carbocycles. The largest absolute Gasteiger partial charge is 0.314 e. The lowest BCUT2D eigenvalue weighted by atomic mass is 9.85. The molecule has 0 radical (unpaired) electrons. The Morgan fingerprint density at radius 1 is 1.30 bits per heavy atom. The minimum atomic E-state index is -0.236. The first kappa shape index (κ1) is 14.3. The van der Waals surface area contributed by atoms with E-state index in [-0.39, 0.29) is 11.9 Å². The first-order valence-corrected chi connectivity index (χ1v) is 7.91. The van der Waals surface area contributed by atoms with Gasteiger partial charge in [-0.05, 0) is 69.0 Å². The summed E-state index contributed by atoms with van der Waals surface area (Å²) in [6, 6.07) is 5.93. The predicted molar refractivity (Wildman–Crippen MR) is 80.5 cm³/mol. The van der Waals surface area contributed by atoms with Crippen LogP contribution in [0.15, 0.2) is 18.2 Å². The van der Waals surface area contributed by atoms with Crippen LogP contribution in [0.3, 0.4) is 0 Å². The Hall–Kier alpha value is -0.640. The van der Waals surface area contributed by atoms with E-state index < -0.39 is 0 Å². The van der Waals surface area contributed by atoms with Gasteiger partial charge in [-0.25, -0.2) is 4.39 Å². The molecule has 3 rings (SSSR count). The van der Waals surface area contributed by atoms with Gasteiger partial charge in [0, 0.05) is 23.7 Å². The molecule has 2 aliphatic rings. The van der Waals surface area contributed by atoms with Crippen LogP contribution in [0.25, 0.3) is 0 Å². The molecule has 0 bridgehead atoms. The highest BCUT2D eigenvalue weighted by atomic mass is 35.5. The van der Waals surface area contributed by atoms with Crippen LogP contribution in [0.1, 0.15) is 37.3 Å². The lowest BCUT2D eigenvalue weighted by molar-refractivity contribution is 0.119.